The summed E-state index contributed by atoms with van der Waals surface area (Å²) in [6, 6.07) is 0. The number of hydrogen-bond donors (Lipinski definition) is 0. The summed E-state index contributed by atoms with van der Waals surface area (Å²) in [4.78, 5) is 9.86. The van der Waals surface area contributed by atoms with Crippen LogP contribution in [0.15, 0.2) is 35.6 Å². The van der Waals surface area contributed by atoms with Gasteiger partial charge in [-0.15, -0.1) is 0 Å². The van der Waals surface area contributed by atoms with Crippen LogP contribution in [-0.4, -0.2) is 4.92 Å². The summed E-state index contributed by atoms with van der Waals surface area (Å²) in [6.07, 6.45) is 8.35. The predicted octanol–water partition coefficient (Wildman–Crippen LogP) is 1.87. The minimum atomic E-state index is -0.396. The molecule has 0 aromatic heterocycles. The zero-order chi connectivity index (χ0) is 8.27. The molecule has 0 bridgehead atoms. The van der Waals surface area contributed by atoms with Gasteiger partial charge < -0.3 is 0 Å². The second-order valence-corrected chi connectivity index (χ2v) is 2.14. The highest BCUT2D eigenvalue weighted by molar-refractivity contribution is 5.40. The molecule has 1 aliphatic carbocycles. The second-order valence-electron chi connectivity index (χ2n) is 2.14. The fourth-order valence-electron chi connectivity index (χ4n) is 0.818. The normalized spacial score (nSPS) is 19.4. The second kappa shape index (κ2) is 3.05. The van der Waals surface area contributed by atoms with Crippen LogP contribution in [0.3, 0.4) is 0 Å². The van der Waals surface area contributed by atoms with E-state index in [0.717, 1.165) is 5.57 Å². The smallest absolute Gasteiger partial charge is 0.257 e. The molecule has 0 N–H and O–H groups in total. The molecule has 0 fully saturated rings. The molecule has 0 saturated carbocycles. The van der Waals surface area contributed by atoms with Crippen LogP contribution in [0.1, 0.15) is 6.92 Å². The first-order valence-corrected chi connectivity index (χ1v) is 3.28. The predicted molar refractivity (Wildman–Crippen MR) is 42.3 cm³/mol. The van der Waals surface area contributed by atoms with E-state index in [1.807, 2.05) is 19.4 Å². The molecule has 0 radical (unpaired) electrons. The van der Waals surface area contributed by atoms with Crippen LogP contribution in [0, 0.1) is 16.5 Å². The van der Waals surface area contributed by atoms with Gasteiger partial charge in [-0.05, 0) is 13.0 Å². The van der Waals surface area contributed by atoms with E-state index in [0.29, 0.717) is 0 Å². The Balaban J connectivity index is 2.89. The molecular formula is C8H8NO2+. The topological polar surface area (TPSA) is 43.1 Å². The van der Waals surface area contributed by atoms with Crippen LogP contribution in [0.4, 0.5) is 0 Å². The first kappa shape index (κ1) is 7.60. The van der Waals surface area contributed by atoms with Gasteiger partial charge in [-0.2, -0.15) is 0 Å². The molecule has 0 aliphatic heterocycles. The molecule has 0 saturated heterocycles. The molecule has 1 aliphatic rings. The summed E-state index contributed by atoms with van der Waals surface area (Å²) in [5, 5.41) is 10.3. The van der Waals surface area contributed by atoms with E-state index in [9.17, 15) is 10.1 Å². The number of rotatable bonds is 1. The summed E-state index contributed by atoms with van der Waals surface area (Å²) in [6.45, 7) is 1.85. The molecule has 0 heterocycles. The van der Waals surface area contributed by atoms with E-state index in [2.05, 4.69) is 0 Å². The molecular weight excluding hydrogens is 142 g/mol. The minimum Gasteiger partial charge on any atom is -0.257 e. The van der Waals surface area contributed by atoms with E-state index < -0.39 is 4.92 Å². The van der Waals surface area contributed by atoms with Crippen molar-refractivity contribution in [1.29, 1.82) is 0 Å². The fourth-order valence-corrected chi connectivity index (χ4v) is 0.818. The Labute approximate surface area is 64.9 Å². The van der Waals surface area contributed by atoms with Crippen molar-refractivity contribution in [2.45, 2.75) is 6.92 Å². The lowest BCUT2D eigenvalue weighted by Crippen LogP contribution is -1.99. The summed E-state index contributed by atoms with van der Waals surface area (Å²) >= 11 is 0. The van der Waals surface area contributed by atoms with Crippen molar-refractivity contribution in [3.8, 4) is 0 Å². The van der Waals surface area contributed by atoms with Crippen molar-refractivity contribution in [1.82, 2.24) is 0 Å². The summed E-state index contributed by atoms with van der Waals surface area (Å²) in [5.41, 5.74) is 1.01. The molecule has 0 aromatic rings. The van der Waals surface area contributed by atoms with Gasteiger partial charge in [-0.1, -0.05) is 0 Å². The van der Waals surface area contributed by atoms with Crippen LogP contribution in [0.2, 0.25) is 0 Å². The highest BCUT2D eigenvalue weighted by Gasteiger charge is 2.17. The van der Waals surface area contributed by atoms with Gasteiger partial charge in [-0.25, -0.2) is 0 Å². The molecule has 56 valence electrons. The third kappa shape index (κ3) is 1.70. The van der Waals surface area contributed by atoms with Gasteiger partial charge in [0.15, 0.2) is 0 Å². The summed E-state index contributed by atoms with van der Waals surface area (Å²) < 4.78 is 0. The number of nitro groups is 1. The zero-order valence-corrected chi connectivity index (χ0v) is 6.15. The Morgan fingerprint density at radius 2 is 2.45 bits per heavy atom. The molecule has 3 heteroatoms. The quantitative estimate of drug-likeness (QED) is 0.325. The Morgan fingerprint density at radius 1 is 1.73 bits per heavy atom. The molecule has 0 spiro atoms. The van der Waals surface area contributed by atoms with Crippen molar-refractivity contribution in [2.75, 3.05) is 0 Å². The van der Waals surface area contributed by atoms with Crippen molar-refractivity contribution in [3.05, 3.63) is 52.1 Å². The maximum atomic E-state index is 10.3. The highest BCUT2D eigenvalue weighted by atomic mass is 16.6. The number of hydrogen-bond acceptors (Lipinski definition) is 2. The van der Waals surface area contributed by atoms with E-state index in [4.69, 9.17) is 0 Å². The van der Waals surface area contributed by atoms with Gasteiger partial charge in [0, 0.05) is 12.5 Å². The molecule has 11 heavy (non-hydrogen) atoms. The minimum absolute atomic E-state index is 0.139. The van der Waals surface area contributed by atoms with Gasteiger partial charge in [0.05, 0.1) is 16.6 Å². The maximum absolute atomic E-state index is 10.3. The first-order chi connectivity index (χ1) is 5.24. The van der Waals surface area contributed by atoms with Gasteiger partial charge in [0.2, 0.25) is 0 Å². The van der Waals surface area contributed by atoms with Crippen LogP contribution < -0.4 is 0 Å². The third-order valence-corrected chi connectivity index (χ3v) is 1.41. The van der Waals surface area contributed by atoms with E-state index in [1.165, 1.54) is 6.08 Å². The Hall–Kier alpha value is -1.51. The SMILES string of the molecule is C/C=C1/C=C([N+](=O)[O-])C=C[CH+]1. The average Bonchev–Trinajstić information content (AvgIpc) is 2.05. The zero-order valence-electron chi connectivity index (χ0n) is 6.15. The summed E-state index contributed by atoms with van der Waals surface area (Å²) in [5.74, 6) is 0. The van der Waals surface area contributed by atoms with Gasteiger partial charge in [0.25, 0.3) is 0 Å². The van der Waals surface area contributed by atoms with Gasteiger partial charge in [-0.3, -0.25) is 10.1 Å². The fraction of sp³-hybridized carbons (Fsp3) is 0.125. The standard InChI is InChI=1S/C8H8NO2/c1-2-7-4-3-5-8(6-7)9(10)11/h2-6H,1H3/q+1/b7-2+. The lowest BCUT2D eigenvalue weighted by molar-refractivity contribution is -0.419. The Kier molecular flexibility index (Phi) is 2.11. The van der Waals surface area contributed by atoms with Crippen molar-refractivity contribution in [3.63, 3.8) is 0 Å². The van der Waals surface area contributed by atoms with Crippen LogP contribution in [0.25, 0.3) is 0 Å². The number of nitrogens with zero attached hydrogens (tertiary/aromatic N) is 1. The largest absolute Gasteiger partial charge is 0.347 e. The van der Waals surface area contributed by atoms with Crippen molar-refractivity contribution < 1.29 is 4.92 Å². The highest BCUT2D eigenvalue weighted by Crippen LogP contribution is 2.14. The van der Waals surface area contributed by atoms with E-state index in [-0.39, 0.29) is 5.70 Å². The lowest BCUT2D eigenvalue weighted by atomic mass is 10.1. The van der Waals surface area contributed by atoms with Crippen LogP contribution in [-0.2, 0) is 0 Å². The summed E-state index contributed by atoms with van der Waals surface area (Å²) in [7, 11) is 0. The van der Waals surface area contributed by atoms with Gasteiger partial charge >= 0.3 is 5.70 Å². The first-order valence-electron chi connectivity index (χ1n) is 3.28. The van der Waals surface area contributed by atoms with Crippen molar-refractivity contribution >= 4 is 0 Å². The Morgan fingerprint density at radius 3 is 3.00 bits per heavy atom. The van der Waals surface area contributed by atoms with Crippen LogP contribution >= 0.6 is 0 Å². The molecule has 3 nitrogen and oxygen atoms in total. The lowest BCUT2D eigenvalue weighted by Gasteiger charge is -1.93. The van der Waals surface area contributed by atoms with E-state index in [1.54, 1.807) is 12.2 Å². The third-order valence-electron chi connectivity index (χ3n) is 1.41. The monoisotopic (exact) mass is 150 g/mol. The van der Waals surface area contributed by atoms with E-state index >= 15 is 0 Å². The maximum Gasteiger partial charge on any atom is 0.347 e. The van der Waals surface area contributed by atoms with Crippen LogP contribution in [0.5, 0.6) is 0 Å². The molecule has 0 unspecified atom stereocenters. The molecule has 0 atom stereocenters. The molecule has 0 aromatic carbocycles. The molecule has 0 amide bonds. The Bertz CT molecular complexity index is 261. The number of allylic oxidation sites excluding steroid dienone is 5. The van der Waals surface area contributed by atoms with Crippen molar-refractivity contribution in [2.24, 2.45) is 0 Å². The average molecular weight is 150 g/mol. The van der Waals surface area contributed by atoms with Gasteiger partial charge in [0.1, 0.15) is 6.08 Å². The molecule has 1 rings (SSSR count).